The lowest BCUT2D eigenvalue weighted by molar-refractivity contribution is 0.0519. The van der Waals surface area contributed by atoms with Crippen molar-refractivity contribution < 1.29 is 10.2 Å². The fourth-order valence-corrected chi connectivity index (χ4v) is 2.55. The van der Waals surface area contributed by atoms with Gasteiger partial charge in [-0.25, -0.2) is 0 Å². The van der Waals surface area contributed by atoms with Crippen molar-refractivity contribution in [3.63, 3.8) is 0 Å². The van der Waals surface area contributed by atoms with Crippen molar-refractivity contribution in [2.24, 2.45) is 5.92 Å². The van der Waals surface area contributed by atoms with Gasteiger partial charge in [0.05, 0.1) is 12.7 Å². The maximum absolute atomic E-state index is 9.23. The Morgan fingerprint density at radius 2 is 2.07 bits per heavy atom. The lowest BCUT2D eigenvalue weighted by Crippen LogP contribution is -2.57. The molecule has 3 aliphatic rings. The minimum atomic E-state index is -0.606. The van der Waals surface area contributed by atoms with Crippen molar-refractivity contribution >= 4 is 0 Å². The number of nitrogens with one attached hydrogen (secondary N) is 1. The molecular weight excluding hydrogens is 180 g/mol. The predicted octanol–water partition coefficient (Wildman–Crippen LogP) is -0.977. The van der Waals surface area contributed by atoms with Gasteiger partial charge in [0.25, 0.3) is 0 Å². The van der Waals surface area contributed by atoms with Crippen LogP contribution in [0.1, 0.15) is 12.8 Å². The summed E-state index contributed by atoms with van der Waals surface area (Å²) < 4.78 is 0. The van der Waals surface area contributed by atoms with Crippen molar-refractivity contribution in [1.82, 2.24) is 10.2 Å². The second-order valence-corrected chi connectivity index (χ2v) is 4.49. The SMILES string of the molecule is OC[C@@H](O)CNC1CN2CCC1CC2. The topological polar surface area (TPSA) is 55.7 Å². The van der Waals surface area contributed by atoms with Gasteiger partial charge in [0, 0.05) is 19.1 Å². The molecule has 2 atom stereocenters. The lowest BCUT2D eigenvalue weighted by Gasteiger charge is -2.45. The molecule has 0 aromatic carbocycles. The van der Waals surface area contributed by atoms with Crippen molar-refractivity contribution in [1.29, 1.82) is 0 Å². The van der Waals surface area contributed by atoms with Crippen molar-refractivity contribution in [3.05, 3.63) is 0 Å². The molecule has 2 bridgehead atoms. The predicted molar refractivity (Wildman–Crippen MR) is 54.0 cm³/mol. The number of piperidine rings is 3. The molecular formula is C10H20N2O2. The first-order chi connectivity index (χ1) is 6.79. The molecule has 3 fully saturated rings. The van der Waals surface area contributed by atoms with Gasteiger partial charge in [-0.1, -0.05) is 0 Å². The minimum absolute atomic E-state index is 0.145. The summed E-state index contributed by atoms with van der Waals surface area (Å²) in [6.45, 7) is 3.97. The fourth-order valence-electron chi connectivity index (χ4n) is 2.55. The van der Waals surface area contributed by atoms with Gasteiger partial charge in [-0.05, 0) is 31.8 Å². The summed E-state index contributed by atoms with van der Waals surface area (Å²) in [6.07, 6.45) is 1.96. The van der Waals surface area contributed by atoms with Crippen LogP contribution < -0.4 is 5.32 Å². The number of hydrogen-bond acceptors (Lipinski definition) is 4. The average Bonchev–Trinajstić information content (AvgIpc) is 2.27. The standard InChI is InChI=1S/C10H20N2O2/c13-7-9(14)5-11-10-6-12-3-1-8(10)2-4-12/h8-11,13-14H,1-7H2/t9-,10?/m0/s1. The van der Waals surface area contributed by atoms with Crippen LogP contribution in [0.4, 0.5) is 0 Å². The van der Waals surface area contributed by atoms with Crippen LogP contribution in [0.3, 0.4) is 0 Å². The molecule has 0 radical (unpaired) electrons. The zero-order chi connectivity index (χ0) is 9.97. The number of aliphatic hydroxyl groups is 2. The lowest BCUT2D eigenvalue weighted by atomic mass is 9.84. The Bertz CT molecular complexity index is 181. The van der Waals surface area contributed by atoms with Crippen molar-refractivity contribution in [3.8, 4) is 0 Å². The Morgan fingerprint density at radius 3 is 2.57 bits per heavy atom. The Hall–Kier alpha value is -0.160. The van der Waals surface area contributed by atoms with Gasteiger partial charge >= 0.3 is 0 Å². The molecule has 3 aliphatic heterocycles. The van der Waals surface area contributed by atoms with Crippen LogP contribution in [0, 0.1) is 5.92 Å². The van der Waals surface area contributed by atoms with E-state index in [1.54, 1.807) is 0 Å². The summed E-state index contributed by atoms with van der Waals surface area (Å²) in [6, 6.07) is 0.527. The fraction of sp³-hybridized carbons (Fsp3) is 1.00. The van der Waals surface area contributed by atoms with Crippen LogP contribution in [0.15, 0.2) is 0 Å². The normalized spacial score (nSPS) is 38.6. The van der Waals surface area contributed by atoms with E-state index in [2.05, 4.69) is 10.2 Å². The van der Waals surface area contributed by atoms with E-state index in [-0.39, 0.29) is 6.61 Å². The number of hydrogen-bond donors (Lipinski definition) is 3. The van der Waals surface area contributed by atoms with E-state index < -0.39 is 6.10 Å². The molecule has 4 heteroatoms. The highest BCUT2D eigenvalue weighted by atomic mass is 16.3. The molecule has 4 nitrogen and oxygen atoms in total. The van der Waals surface area contributed by atoms with Crippen LogP contribution in [0.2, 0.25) is 0 Å². The van der Waals surface area contributed by atoms with Crippen LogP contribution in [0.5, 0.6) is 0 Å². The first kappa shape index (κ1) is 10.4. The summed E-state index contributed by atoms with van der Waals surface area (Å²) in [7, 11) is 0. The number of fused-ring (bicyclic) bond motifs is 3. The third kappa shape index (κ3) is 2.25. The molecule has 3 heterocycles. The molecule has 0 aromatic heterocycles. The van der Waals surface area contributed by atoms with E-state index in [1.165, 1.54) is 25.9 Å². The van der Waals surface area contributed by atoms with Crippen molar-refractivity contribution in [2.45, 2.75) is 25.0 Å². The molecule has 82 valence electrons. The van der Waals surface area contributed by atoms with Crippen LogP contribution in [-0.2, 0) is 0 Å². The van der Waals surface area contributed by atoms with E-state index in [1.807, 2.05) is 0 Å². The Balaban J connectivity index is 1.76. The molecule has 3 rings (SSSR count). The number of nitrogens with zero attached hydrogens (tertiary/aromatic N) is 1. The highest BCUT2D eigenvalue weighted by Crippen LogP contribution is 2.27. The maximum atomic E-state index is 9.23. The molecule has 1 unspecified atom stereocenters. The third-order valence-corrected chi connectivity index (χ3v) is 3.48. The summed E-state index contributed by atoms with van der Waals surface area (Å²) in [5.74, 6) is 0.783. The molecule has 0 spiro atoms. The zero-order valence-corrected chi connectivity index (χ0v) is 8.52. The highest BCUT2D eigenvalue weighted by molar-refractivity contribution is 4.91. The van der Waals surface area contributed by atoms with Crippen molar-refractivity contribution in [2.75, 3.05) is 32.8 Å². The van der Waals surface area contributed by atoms with E-state index in [0.29, 0.717) is 12.6 Å². The molecule has 0 saturated carbocycles. The van der Waals surface area contributed by atoms with Gasteiger partial charge in [-0.3, -0.25) is 0 Å². The molecule has 3 saturated heterocycles. The van der Waals surface area contributed by atoms with Crippen LogP contribution in [-0.4, -0.2) is 60.0 Å². The van der Waals surface area contributed by atoms with E-state index in [9.17, 15) is 5.11 Å². The molecule has 14 heavy (non-hydrogen) atoms. The summed E-state index contributed by atoms with van der Waals surface area (Å²) in [4.78, 5) is 2.48. The number of rotatable bonds is 4. The van der Waals surface area contributed by atoms with Gasteiger partial charge in [-0.2, -0.15) is 0 Å². The van der Waals surface area contributed by atoms with Gasteiger partial charge in [0.1, 0.15) is 0 Å². The summed E-state index contributed by atoms with van der Waals surface area (Å²) in [5, 5.41) is 21.3. The first-order valence-electron chi connectivity index (χ1n) is 5.54. The third-order valence-electron chi connectivity index (χ3n) is 3.48. The summed E-state index contributed by atoms with van der Waals surface area (Å²) in [5.41, 5.74) is 0. The molecule has 0 aromatic rings. The molecule has 3 N–H and O–H groups in total. The second kappa shape index (κ2) is 4.57. The highest BCUT2D eigenvalue weighted by Gasteiger charge is 2.33. The quantitative estimate of drug-likeness (QED) is 0.546. The molecule has 0 amide bonds. The monoisotopic (exact) mass is 200 g/mol. The average molecular weight is 200 g/mol. The van der Waals surface area contributed by atoms with Gasteiger partial charge < -0.3 is 20.4 Å². The van der Waals surface area contributed by atoms with E-state index in [0.717, 1.165) is 12.5 Å². The van der Waals surface area contributed by atoms with E-state index >= 15 is 0 Å². The van der Waals surface area contributed by atoms with Crippen LogP contribution >= 0.6 is 0 Å². The first-order valence-corrected chi connectivity index (χ1v) is 5.54. The van der Waals surface area contributed by atoms with Gasteiger partial charge in [-0.15, -0.1) is 0 Å². The van der Waals surface area contributed by atoms with E-state index in [4.69, 9.17) is 5.11 Å². The number of aliphatic hydroxyl groups excluding tert-OH is 2. The van der Waals surface area contributed by atoms with Gasteiger partial charge in [0.15, 0.2) is 0 Å². The minimum Gasteiger partial charge on any atom is -0.394 e. The maximum Gasteiger partial charge on any atom is 0.0895 e. The van der Waals surface area contributed by atoms with Crippen LogP contribution in [0.25, 0.3) is 0 Å². The second-order valence-electron chi connectivity index (χ2n) is 4.49. The Kier molecular flexibility index (Phi) is 3.38. The zero-order valence-electron chi connectivity index (χ0n) is 8.52. The molecule has 0 aliphatic carbocycles. The summed E-state index contributed by atoms with van der Waals surface area (Å²) >= 11 is 0. The Morgan fingerprint density at radius 1 is 1.36 bits per heavy atom. The Labute approximate surface area is 84.9 Å². The smallest absolute Gasteiger partial charge is 0.0895 e. The largest absolute Gasteiger partial charge is 0.394 e. The van der Waals surface area contributed by atoms with Gasteiger partial charge in [0.2, 0.25) is 0 Å².